The van der Waals surface area contributed by atoms with Crippen molar-refractivity contribution < 1.29 is 14.7 Å². The summed E-state index contributed by atoms with van der Waals surface area (Å²) in [6.07, 6.45) is 4.91. The zero-order chi connectivity index (χ0) is 14.0. The highest BCUT2D eigenvalue weighted by atomic mass is 16.4. The molecule has 0 aromatic heterocycles. The number of aliphatic carboxylic acids is 1. The van der Waals surface area contributed by atoms with Crippen molar-refractivity contribution in [2.75, 3.05) is 6.54 Å². The van der Waals surface area contributed by atoms with Gasteiger partial charge in [-0.3, -0.25) is 4.79 Å². The van der Waals surface area contributed by atoms with E-state index in [1.807, 2.05) is 6.92 Å². The Hall–Kier alpha value is -1.26. The Bertz CT molecular complexity index is 257. The number of nitrogens with one attached hydrogen (secondary N) is 2. The lowest BCUT2D eigenvalue weighted by Gasteiger charge is -2.16. The van der Waals surface area contributed by atoms with Gasteiger partial charge in [-0.2, -0.15) is 0 Å². The molecule has 2 amide bonds. The Morgan fingerprint density at radius 2 is 1.89 bits per heavy atom. The highest BCUT2D eigenvalue weighted by Gasteiger charge is 2.16. The van der Waals surface area contributed by atoms with Crippen LogP contribution in [0, 0.1) is 5.92 Å². The van der Waals surface area contributed by atoms with Crippen molar-refractivity contribution in [2.24, 2.45) is 5.92 Å². The Kier molecular flexibility index (Phi) is 9.06. The van der Waals surface area contributed by atoms with Crippen molar-refractivity contribution in [3.63, 3.8) is 0 Å². The average molecular weight is 258 g/mol. The fourth-order valence-corrected chi connectivity index (χ4v) is 1.67. The molecule has 0 radical (unpaired) electrons. The molecule has 2 unspecified atom stereocenters. The first-order chi connectivity index (χ1) is 8.51. The molecular weight excluding hydrogens is 232 g/mol. The molecule has 0 aliphatic carbocycles. The molecule has 2 atom stereocenters. The lowest BCUT2D eigenvalue weighted by molar-refractivity contribution is -0.141. The summed E-state index contributed by atoms with van der Waals surface area (Å²) >= 11 is 0. The number of hydrogen-bond donors (Lipinski definition) is 3. The first-order valence-corrected chi connectivity index (χ1v) is 6.78. The largest absolute Gasteiger partial charge is 0.481 e. The zero-order valence-electron chi connectivity index (χ0n) is 11.7. The first-order valence-electron chi connectivity index (χ1n) is 6.78. The Morgan fingerprint density at radius 3 is 2.39 bits per heavy atom. The summed E-state index contributed by atoms with van der Waals surface area (Å²) in [5.74, 6) is -1.38. The molecule has 0 aromatic carbocycles. The van der Waals surface area contributed by atoms with E-state index in [1.54, 1.807) is 6.92 Å². The van der Waals surface area contributed by atoms with E-state index in [0.717, 1.165) is 19.3 Å². The Labute approximate surface area is 109 Å². The van der Waals surface area contributed by atoms with Crippen molar-refractivity contribution in [3.05, 3.63) is 0 Å². The van der Waals surface area contributed by atoms with E-state index < -0.39 is 11.9 Å². The fraction of sp³-hybridized carbons (Fsp3) is 0.846. The van der Waals surface area contributed by atoms with Crippen LogP contribution < -0.4 is 10.6 Å². The SMILES string of the molecule is CCCCCC(C)NC(=O)NCC(CC)C(=O)O. The maximum absolute atomic E-state index is 11.5. The second-order valence-electron chi connectivity index (χ2n) is 4.69. The van der Waals surface area contributed by atoms with Gasteiger partial charge in [-0.25, -0.2) is 4.79 Å². The normalized spacial score (nSPS) is 13.7. The number of carboxylic acid groups (broad SMARTS) is 1. The summed E-state index contributed by atoms with van der Waals surface area (Å²) in [6.45, 7) is 6.08. The summed E-state index contributed by atoms with van der Waals surface area (Å²) in [6, 6.07) is -0.153. The highest BCUT2D eigenvalue weighted by molar-refractivity contribution is 5.76. The van der Waals surface area contributed by atoms with Crippen LogP contribution in [-0.4, -0.2) is 29.7 Å². The molecule has 0 saturated heterocycles. The second kappa shape index (κ2) is 9.74. The van der Waals surface area contributed by atoms with Crippen LogP contribution in [0.2, 0.25) is 0 Å². The van der Waals surface area contributed by atoms with Crippen LogP contribution >= 0.6 is 0 Å². The summed E-state index contributed by atoms with van der Waals surface area (Å²) in [5.41, 5.74) is 0. The number of carbonyl (C=O) groups is 2. The number of unbranched alkanes of at least 4 members (excludes halogenated alkanes) is 2. The molecule has 0 saturated carbocycles. The predicted molar refractivity (Wildman–Crippen MR) is 71.6 cm³/mol. The maximum Gasteiger partial charge on any atom is 0.315 e. The van der Waals surface area contributed by atoms with Crippen LogP contribution in [0.15, 0.2) is 0 Å². The van der Waals surface area contributed by atoms with Gasteiger partial charge in [0.15, 0.2) is 0 Å². The third-order valence-electron chi connectivity index (χ3n) is 2.97. The summed E-state index contributed by atoms with van der Waals surface area (Å²) < 4.78 is 0. The van der Waals surface area contributed by atoms with Gasteiger partial charge in [-0.05, 0) is 19.8 Å². The van der Waals surface area contributed by atoms with Crippen molar-refractivity contribution in [1.82, 2.24) is 10.6 Å². The minimum Gasteiger partial charge on any atom is -0.481 e. The molecule has 0 spiro atoms. The van der Waals surface area contributed by atoms with E-state index in [1.165, 1.54) is 6.42 Å². The third-order valence-corrected chi connectivity index (χ3v) is 2.97. The van der Waals surface area contributed by atoms with Crippen molar-refractivity contribution in [1.29, 1.82) is 0 Å². The van der Waals surface area contributed by atoms with Gasteiger partial charge in [0.1, 0.15) is 0 Å². The van der Waals surface area contributed by atoms with E-state index in [4.69, 9.17) is 5.11 Å². The Balaban J connectivity index is 3.79. The monoisotopic (exact) mass is 258 g/mol. The smallest absolute Gasteiger partial charge is 0.315 e. The predicted octanol–water partition coefficient (Wildman–Crippen LogP) is 2.37. The topological polar surface area (TPSA) is 78.4 Å². The maximum atomic E-state index is 11.5. The van der Waals surface area contributed by atoms with E-state index in [9.17, 15) is 9.59 Å². The van der Waals surface area contributed by atoms with Gasteiger partial charge in [-0.15, -0.1) is 0 Å². The van der Waals surface area contributed by atoms with E-state index in [-0.39, 0.29) is 18.6 Å². The van der Waals surface area contributed by atoms with Gasteiger partial charge in [0.05, 0.1) is 5.92 Å². The number of carboxylic acids is 1. The van der Waals surface area contributed by atoms with Gasteiger partial charge in [0.2, 0.25) is 0 Å². The number of rotatable bonds is 9. The quantitative estimate of drug-likeness (QED) is 0.555. The number of urea groups is 1. The van der Waals surface area contributed by atoms with E-state index in [2.05, 4.69) is 17.6 Å². The van der Waals surface area contributed by atoms with Crippen LogP contribution in [-0.2, 0) is 4.79 Å². The molecule has 0 bridgehead atoms. The Morgan fingerprint density at radius 1 is 1.22 bits per heavy atom. The van der Waals surface area contributed by atoms with Crippen molar-refractivity contribution >= 4 is 12.0 Å². The molecule has 0 rings (SSSR count). The van der Waals surface area contributed by atoms with Crippen LogP contribution in [0.1, 0.15) is 52.9 Å². The van der Waals surface area contributed by atoms with Gasteiger partial charge in [0.25, 0.3) is 0 Å². The lowest BCUT2D eigenvalue weighted by atomic mass is 10.1. The molecule has 3 N–H and O–H groups in total. The van der Waals surface area contributed by atoms with Gasteiger partial charge >= 0.3 is 12.0 Å². The first kappa shape index (κ1) is 16.7. The molecule has 0 aliphatic rings. The van der Waals surface area contributed by atoms with Crippen LogP contribution in [0.25, 0.3) is 0 Å². The molecule has 0 aliphatic heterocycles. The molecule has 0 aromatic rings. The minimum absolute atomic E-state index is 0.126. The lowest BCUT2D eigenvalue weighted by Crippen LogP contribution is -2.43. The van der Waals surface area contributed by atoms with Gasteiger partial charge in [0, 0.05) is 12.6 Å². The molecule has 5 nitrogen and oxygen atoms in total. The molecule has 0 heterocycles. The summed E-state index contributed by atoms with van der Waals surface area (Å²) in [5, 5.41) is 14.3. The van der Waals surface area contributed by atoms with Gasteiger partial charge < -0.3 is 15.7 Å². The third kappa shape index (κ3) is 7.92. The number of carbonyl (C=O) groups excluding carboxylic acids is 1. The van der Waals surface area contributed by atoms with E-state index in [0.29, 0.717) is 6.42 Å². The number of amides is 2. The molecule has 106 valence electrons. The fourth-order valence-electron chi connectivity index (χ4n) is 1.67. The zero-order valence-corrected chi connectivity index (χ0v) is 11.7. The number of hydrogen-bond acceptors (Lipinski definition) is 2. The molecular formula is C13H26N2O3. The minimum atomic E-state index is -0.867. The van der Waals surface area contributed by atoms with Crippen LogP contribution in [0.3, 0.4) is 0 Å². The van der Waals surface area contributed by atoms with Crippen LogP contribution in [0.5, 0.6) is 0 Å². The van der Waals surface area contributed by atoms with E-state index >= 15 is 0 Å². The summed E-state index contributed by atoms with van der Waals surface area (Å²) in [4.78, 5) is 22.3. The molecule has 5 heteroatoms. The van der Waals surface area contributed by atoms with Crippen molar-refractivity contribution in [2.45, 2.75) is 58.9 Å². The molecule has 18 heavy (non-hydrogen) atoms. The molecule has 0 fully saturated rings. The van der Waals surface area contributed by atoms with Gasteiger partial charge in [-0.1, -0.05) is 33.1 Å². The second-order valence-corrected chi connectivity index (χ2v) is 4.69. The summed E-state index contributed by atoms with van der Waals surface area (Å²) in [7, 11) is 0. The van der Waals surface area contributed by atoms with Crippen LogP contribution in [0.4, 0.5) is 4.79 Å². The van der Waals surface area contributed by atoms with Crippen molar-refractivity contribution in [3.8, 4) is 0 Å². The average Bonchev–Trinajstić information content (AvgIpc) is 2.29. The highest BCUT2D eigenvalue weighted by Crippen LogP contribution is 2.03. The standard InChI is InChI=1S/C13H26N2O3/c1-4-6-7-8-10(3)15-13(18)14-9-11(5-2)12(16)17/h10-11H,4-9H2,1-3H3,(H,16,17)(H2,14,15,18).